The summed E-state index contributed by atoms with van der Waals surface area (Å²) in [6.07, 6.45) is 10.3. The second-order valence-corrected chi connectivity index (χ2v) is 5.61. The maximum Gasteiger partial charge on any atom is 0.220 e. The van der Waals surface area contributed by atoms with Gasteiger partial charge in [-0.2, -0.15) is 0 Å². The normalized spacial score (nSPS) is 16.9. The molecule has 0 aliphatic heterocycles. The molecule has 1 aromatic rings. The van der Waals surface area contributed by atoms with E-state index in [-0.39, 0.29) is 12.0 Å². The van der Waals surface area contributed by atoms with Gasteiger partial charge in [0.05, 0.1) is 12.7 Å². The fraction of sp³-hybridized carbons (Fsp3) is 0.625. The van der Waals surface area contributed by atoms with Crippen molar-refractivity contribution in [2.24, 2.45) is 5.92 Å². The van der Waals surface area contributed by atoms with Gasteiger partial charge in [0.25, 0.3) is 0 Å². The SMILES string of the molecule is C[C@H](CNC(=O)CCC1CCCC1)Oc1cccnc1. The van der Waals surface area contributed by atoms with Crippen LogP contribution in [0.5, 0.6) is 5.75 Å². The fourth-order valence-electron chi connectivity index (χ4n) is 2.67. The molecule has 1 aliphatic carbocycles. The summed E-state index contributed by atoms with van der Waals surface area (Å²) in [6, 6.07) is 3.70. The molecule has 0 radical (unpaired) electrons. The number of nitrogens with zero attached hydrogens (tertiary/aromatic N) is 1. The molecule has 110 valence electrons. The second kappa shape index (κ2) is 7.88. The van der Waals surface area contributed by atoms with Gasteiger partial charge in [-0.1, -0.05) is 25.7 Å². The molecule has 4 nitrogen and oxygen atoms in total. The van der Waals surface area contributed by atoms with Crippen LogP contribution in [0.25, 0.3) is 0 Å². The predicted octanol–water partition coefficient (Wildman–Crippen LogP) is 2.94. The second-order valence-electron chi connectivity index (χ2n) is 5.61. The number of ether oxygens (including phenoxy) is 1. The van der Waals surface area contributed by atoms with Crippen molar-refractivity contribution in [3.05, 3.63) is 24.5 Å². The lowest BCUT2D eigenvalue weighted by Gasteiger charge is -2.15. The Kier molecular flexibility index (Phi) is 5.84. The summed E-state index contributed by atoms with van der Waals surface area (Å²) in [5, 5.41) is 2.94. The van der Waals surface area contributed by atoms with Crippen molar-refractivity contribution in [1.29, 1.82) is 0 Å². The molecule has 1 saturated carbocycles. The van der Waals surface area contributed by atoms with Crippen LogP contribution in [0, 0.1) is 5.92 Å². The average Bonchev–Trinajstić information content (AvgIpc) is 2.97. The lowest BCUT2D eigenvalue weighted by atomic mass is 10.0. The van der Waals surface area contributed by atoms with Crippen LogP contribution in [0.1, 0.15) is 45.4 Å². The maximum absolute atomic E-state index is 11.8. The fourth-order valence-corrected chi connectivity index (χ4v) is 2.67. The molecule has 1 heterocycles. The lowest BCUT2D eigenvalue weighted by molar-refractivity contribution is -0.121. The van der Waals surface area contributed by atoms with E-state index in [4.69, 9.17) is 4.74 Å². The average molecular weight is 276 g/mol. The Balaban J connectivity index is 1.60. The van der Waals surface area contributed by atoms with Crippen molar-refractivity contribution in [1.82, 2.24) is 10.3 Å². The van der Waals surface area contributed by atoms with Gasteiger partial charge in [0.1, 0.15) is 11.9 Å². The minimum atomic E-state index is -0.0466. The summed E-state index contributed by atoms with van der Waals surface area (Å²) >= 11 is 0. The predicted molar refractivity (Wildman–Crippen MR) is 78.5 cm³/mol. The van der Waals surface area contributed by atoms with E-state index >= 15 is 0 Å². The number of carbonyl (C=O) groups excluding carboxylic acids is 1. The number of pyridine rings is 1. The van der Waals surface area contributed by atoms with Crippen molar-refractivity contribution >= 4 is 5.91 Å². The van der Waals surface area contributed by atoms with Crippen LogP contribution in [0.15, 0.2) is 24.5 Å². The Hall–Kier alpha value is -1.58. The van der Waals surface area contributed by atoms with Crippen molar-refractivity contribution in [2.75, 3.05) is 6.54 Å². The number of amides is 1. The Morgan fingerprint density at radius 3 is 3.00 bits per heavy atom. The molecule has 20 heavy (non-hydrogen) atoms. The number of hydrogen-bond donors (Lipinski definition) is 1. The van der Waals surface area contributed by atoms with Gasteiger partial charge in [-0.05, 0) is 31.4 Å². The first kappa shape index (κ1) is 14.8. The van der Waals surface area contributed by atoms with E-state index in [0.717, 1.165) is 18.1 Å². The number of carbonyl (C=O) groups is 1. The van der Waals surface area contributed by atoms with E-state index in [1.54, 1.807) is 12.4 Å². The van der Waals surface area contributed by atoms with E-state index in [9.17, 15) is 4.79 Å². The van der Waals surface area contributed by atoms with Gasteiger partial charge in [-0.25, -0.2) is 0 Å². The quantitative estimate of drug-likeness (QED) is 0.833. The minimum Gasteiger partial charge on any atom is -0.487 e. The molecule has 4 heteroatoms. The van der Waals surface area contributed by atoms with Gasteiger partial charge in [-0.15, -0.1) is 0 Å². The van der Waals surface area contributed by atoms with Crippen LogP contribution in [0.3, 0.4) is 0 Å². The molecule has 0 bridgehead atoms. The Bertz CT molecular complexity index is 402. The van der Waals surface area contributed by atoms with Crippen LogP contribution in [0.2, 0.25) is 0 Å². The summed E-state index contributed by atoms with van der Waals surface area (Å²) < 4.78 is 5.67. The number of rotatable bonds is 7. The molecule has 0 spiro atoms. The van der Waals surface area contributed by atoms with Crippen LogP contribution < -0.4 is 10.1 Å². The van der Waals surface area contributed by atoms with Gasteiger partial charge in [0.15, 0.2) is 0 Å². The molecular formula is C16H24N2O2. The Morgan fingerprint density at radius 2 is 2.30 bits per heavy atom. The van der Waals surface area contributed by atoms with Crippen LogP contribution >= 0.6 is 0 Å². The number of aromatic nitrogens is 1. The highest BCUT2D eigenvalue weighted by Crippen LogP contribution is 2.28. The first-order chi connectivity index (χ1) is 9.74. The first-order valence-electron chi connectivity index (χ1n) is 7.57. The molecule has 1 fully saturated rings. The molecular weight excluding hydrogens is 252 g/mol. The van der Waals surface area contributed by atoms with Gasteiger partial charge >= 0.3 is 0 Å². The largest absolute Gasteiger partial charge is 0.487 e. The zero-order valence-electron chi connectivity index (χ0n) is 12.2. The third kappa shape index (κ3) is 5.19. The zero-order chi connectivity index (χ0) is 14.2. The first-order valence-corrected chi connectivity index (χ1v) is 7.57. The molecule has 1 aromatic heterocycles. The molecule has 0 unspecified atom stereocenters. The summed E-state index contributed by atoms with van der Waals surface area (Å²) in [5.41, 5.74) is 0. The standard InChI is InChI=1S/C16H24N2O2/c1-13(20-15-7-4-10-17-12-15)11-18-16(19)9-8-14-5-2-3-6-14/h4,7,10,12-14H,2-3,5-6,8-9,11H2,1H3,(H,18,19)/t13-/m1/s1. The monoisotopic (exact) mass is 276 g/mol. The maximum atomic E-state index is 11.8. The van der Waals surface area contributed by atoms with E-state index in [2.05, 4.69) is 10.3 Å². The lowest BCUT2D eigenvalue weighted by Crippen LogP contribution is -2.33. The van der Waals surface area contributed by atoms with Gasteiger partial charge in [-0.3, -0.25) is 9.78 Å². The van der Waals surface area contributed by atoms with Crippen molar-refractivity contribution in [3.8, 4) is 5.75 Å². The Morgan fingerprint density at radius 1 is 1.50 bits per heavy atom. The molecule has 2 rings (SSSR count). The van der Waals surface area contributed by atoms with Crippen LogP contribution in [-0.2, 0) is 4.79 Å². The van der Waals surface area contributed by atoms with Crippen molar-refractivity contribution < 1.29 is 9.53 Å². The van der Waals surface area contributed by atoms with E-state index in [1.807, 2.05) is 19.1 Å². The Labute approximate surface area is 120 Å². The van der Waals surface area contributed by atoms with Crippen LogP contribution in [-0.4, -0.2) is 23.5 Å². The zero-order valence-corrected chi connectivity index (χ0v) is 12.2. The van der Waals surface area contributed by atoms with E-state index in [0.29, 0.717) is 13.0 Å². The molecule has 1 amide bonds. The summed E-state index contributed by atoms with van der Waals surface area (Å²) in [7, 11) is 0. The van der Waals surface area contributed by atoms with Gasteiger partial charge in [0.2, 0.25) is 5.91 Å². The van der Waals surface area contributed by atoms with Gasteiger partial charge in [0, 0.05) is 12.6 Å². The number of hydrogen-bond acceptors (Lipinski definition) is 3. The third-order valence-electron chi connectivity index (χ3n) is 3.81. The van der Waals surface area contributed by atoms with Crippen LogP contribution in [0.4, 0.5) is 0 Å². The molecule has 1 atom stereocenters. The van der Waals surface area contributed by atoms with E-state index < -0.39 is 0 Å². The number of nitrogens with one attached hydrogen (secondary N) is 1. The highest BCUT2D eigenvalue weighted by molar-refractivity contribution is 5.75. The molecule has 1 aliphatic rings. The third-order valence-corrected chi connectivity index (χ3v) is 3.81. The highest BCUT2D eigenvalue weighted by atomic mass is 16.5. The topological polar surface area (TPSA) is 51.2 Å². The van der Waals surface area contributed by atoms with Gasteiger partial charge < -0.3 is 10.1 Å². The summed E-state index contributed by atoms with van der Waals surface area (Å²) in [4.78, 5) is 15.8. The highest BCUT2D eigenvalue weighted by Gasteiger charge is 2.16. The van der Waals surface area contributed by atoms with Crippen molar-refractivity contribution in [3.63, 3.8) is 0 Å². The smallest absolute Gasteiger partial charge is 0.220 e. The van der Waals surface area contributed by atoms with E-state index in [1.165, 1.54) is 25.7 Å². The molecule has 0 aromatic carbocycles. The summed E-state index contributed by atoms with van der Waals surface area (Å²) in [5.74, 6) is 1.64. The summed E-state index contributed by atoms with van der Waals surface area (Å²) in [6.45, 7) is 2.49. The van der Waals surface area contributed by atoms with Crippen molar-refractivity contribution in [2.45, 2.75) is 51.6 Å². The molecule has 1 N–H and O–H groups in total. The molecule has 0 saturated heterocycles. The minimum absolute atomic E-state index is 0.0466.